The Morgan fingerprint density at radius 2 is 1.89 bits per heavy atom. The molecule has 0 radical (unpaired) electrons. The zero-order chi connectivity index (χ0) is 24.9. The standard InChI is InChI=1S/C25H25FN6O2S/c1-14-10-21-23(35-14)22(32-25(31-21)29-15(2)18-11-19(26)13-27-12-18)24(34)28-9-8-17-4-6-20(7-5-17)30-16(3)33/h4-7,10-13,15H,8-9H2,1-3H3,(H,28,34)(H,30,33)(H,29,31,32)/t15-/m0/s1. The quantitative estimate of drug-likeness (QED) is 0.331. The maximum Gasteiger partial charge on any atom is 0.271 e. The van der Waals surface area contributed by atoms with Gasteiger partial charge in [-0.25, -0.2) is 14.4 Å². The highest BCUT2D eigenvalue weighted by Crippen LogP contribution is 2.28. The van der Waals surface area contributed by atoms with Crippen molar-refractivity contribution < 1.29 is 14.0 Å². The summed E-state index contributed by atoms with van der Waals surface area (Å²) in [6.07, 6.45) is 3.34. The van der Waals surface area contributed by atoms with Crippen LogP contribution in [0.1, 0.15) is 46.4 Å². The molecule has 4 rings (SSSR count). The highest BCUT2D eigenvalue weighted by molar-refractivity contribution is 7.19. The monoisotopic (exact) mass is 492 g/mol. The predicted octanol–water partition coefficient (Wildman–Crippen LogP) is 4.64. The SMILES string of the molecule is CC(=O)Nc1ccc(CCNC(=O)c2nc(N[C@@H](C)c3cncc(F)c3)nc3cc(C)sc23)cc1. The van der Waals surface area contributed by atoms with Crippen molar-refractivity contribution in [2.45, 2.75) is 33.2 Å². The fourth-order valence-corrected chi connectivity index (χ4v) is 4.51. The van der Waals surface area contributed by atoms with Gasteiger partial charge in [0.05, 0.1) is 22.5 Å². The number of hydrogen-bond acceptors (Lipinski definition) is 7. The lowest BCUT2D eigenvalue weighted by Crippen LogP contribution is -2.27. The maximum atomic E-state index is 13.6. The normalized spacial score (nSPS) is 11.8. The molecule has 0 aliphatic carbocycles. The molecule has 0 spiro atoms. The van der Waals surface area contributed by atoms with Gasteiger partial charge < -0.3 is 16.0 Å². The average Bonchev–Trinajstić information content (AvgIpc) is 3.19. The third kappa shape index (κ3) is 6.15. The number of thiophene rings is 1. The van der Waals surface area contributed by atoms with Crippen molar-refractivity contribution in [1.82, 2.24) is 20.3 Å². The topological polar surface area (TPSA) is 109 Å². The molecule has 180 valence electrons. The van der Waals surface area contributed by atoms with Gasteiger partial charge in [0.2, 0.25) is 11.9 Å². The molecule has 4 aromatic rings. The number of hydrogen-bond donors (Lipinski definition) is 3. The van der Waals surface area contributed by atoms with Crippen LogP contribution in [0.5, 0.6) is 0 Å². The van der Waals surface area contributed by atoms with E-state index >= 15 is 0 Å². The molecule has 0 saturated carbocycles. The predicted molar refractivity (Wildman–Crippen MR) is 135 cm³/mol. The van der Waals surface area contributed by atoms with Gasteiger partial charge in [-0.3, -0.25) is 14.6 Å². The summed E-state index contributed by atoms with van der Waals surface area (Å²) in [7, 11) is 0. The molecule has 2 amide bonds. The van der Waals surface area contributed by atoms with Gasteiger partial charge in [-0.15, -0.1) is 11.3 Å². The van der Waals surface area contributed by atoms with Crippen LogP contribution in [0, 0.1) is 12.7 Å². The number of pyridine rings is 1. The van der Waals surface area contributed by atoms with E-state index in [0.29, 0.717) is 34.4 Å². The van der Waals surface area contributed by atoms with E-state index < -0.39 is 5.82 Å². The summed E-state index contributed by atoms with van der Waals surface area (Å²) in [6.45, 7) is 5.68. The molecular weight excluding hydrogens is 467 g/mol. The van der Waals surface area contributed by atoms with Crippen LogP contribution >= 0.6 is 11.3 Å². The van der Waals surface area contributed by atoms with E-state index in [4.69, 9.17) is 0 Å². The molecule has 0 unspecified atom stereocenters. The molecule has 1 atom stereocenters. The van der Waals surface area contributed by atoms with Gasteiger partial charge in [0.15, 0.2) is 5.69 Å². The number of amides is 2. The first-order chi connectivity index (χ1) is 16.8. The number of anilines is 2. The van der Waals surface area contributed by atoms with Crippen molar-refractivity contribution in [3.05, 3.63) is 76.3 Å². The van der Waals surface area contributed by atoms with Gasteiger partial charge in [-0.2, -0.15) is 0 Å². The molecule has 35 heavy (non-hydrogen) atoms. The number of carbonyl (C=O) groups excluding carboxylic acids is 2. The number of aryl methyl sites for hydroxylation is 1. The van der Waals surface area contributed by atoms with Crippen molar-refractivity contribution >= 4 is 45.0 Å². The van der Waals surface area contributed by atoms with Crippen molar-refractivity contribution in [2.75, 3.05) is 17.2 Å². The van der Waals surface area contributed by atoms with Crippen LogP contribution in [-0.4, -0.2) is 33.3 Å². The second-order valence-electron chi connectivity index (χ2n) is 8.15. The number of carbonyl (C=O) groups is 2. The van der Waals surface area contributed by atoms with Gasteiger partial charge in [-0.1, -0.05) is 12.1 Å². The van der Waals surface area contributed by atoms with Gasteiger partial charge in [-0.05, 0) is 55.7 Å². The van der Waals surface area contributed by atoms with E-state index in [2.05, 4.69) is 30.9 Å². The second kappa shape index (κ2) is 10.6. The Morgan fingerprint density at radius 3 is 2.60 bits per heavy atom. The Bertz CT molecular complexity index is 1370. The van der Waals surface area contributed by atoms with Crippen molar-refractivity contribution in [1.29, 1.82) is 0 Å². The number of aromatic nitrogens is 3. The van der Waals surface area contributed by atoms with Crippen LogP contribution in [0.2, 0.25) is 0 Å². The molecule has 1 aromatic carbocycles. The molecule has 0 bridgehead atoms. The molecule has 3 N–H and O–H groups in total. The molecule has 0 saturated heterocycles. The lowest BCUT2D eigenvalue weighted by Gasteiger charge is -2.15. The van der Waals surface area contributed by atoms with Crippen LogP contribution in [0.25, 0.3) is 10.2 Å². The number of nitrogens with one attached hydrogen (secondary N) is 3. The minimum absolute atomic E-state index is 0.124. The number of fused-ring (bicyclic) bond motifs is 1. The zero-order valence-electron chi connectivity index (χ0n) is 19.6. The van der Waals surface area contributed by atoms with E-state index in [-0.39, 0.29) is 23.8 Å². The summed E-state index contributed by atoms with van der Waals surface area (Å²) >= 11 is 1.46. The molecular formula is C25H25FN6O2S. The van der Waals surface area contributed by atoms with E-state index in [1.165, 1.54) is 24.3 Å². The van der Waals surface area contributed by atoms with Crippen molar-refractivity contribution in [3.8, 4) is 0 Å². The third-order valence-electron chi connectivity index (χ3n) is 5.26. The Morgan fingerprint density at radius 1 is 1.11 bits per heavy atom. The lowest BCUT2D eigenvalue weighted by atomic mass is 10.1. The Kier molecular flexibility index (Phi) is 7.31. The Hall–Kier alpha value is -3.92. The number of benzene rings is 1. The number of halogens is 1. The van der Waals surface area contributed by atoms with E-state index in [1.54, 1.807) is 6.20 Å². The molecule has 10 heteroatoms. The molecule has 0 fully saturated rings. The highest BCUT2D eigenvalue weighted by atomic mass is 32.1. The van der Waals surface area contributed by atoms with Gasteiger partial charge in [0.25, 0.3) is 5.91 Å². The first-order valence-corrected chi connectivity index (χ1v) is 11.9. The second-order valence-corrected chi connectivity index (χ2v) is 9.41. The molecule has 8 nitrogen and oxygen atoms in total. The summed E-state index contributed by atoms with van der Waals surface area (Å²) in [5.41, 5.74) is 3.37. The van der Waals surface area contributed by atoms with Gasteiger partial charge in [0.1, 0.15) is 5.82 Å². The maximum absolute atomic E-state index is 13.6. The fraction of sp³-hybridized carbons (Fsp3) is 0.240. The Labute approximate surface area is 206 Å². The first-order valence-electron chi connectivity index (χ1n) is 11.1. The van der Waals surface area contributed by atoms with Crippen LogP contribution in [0.15, 0.2) is 48.8 Å². The summed E-state index contributed by atoms with van der Waals surface area (Å²) < 4.78 is 14.3. The van der Waals surface area contributed by atoms with Crippen molar-refractivity contribution in [3.63, 3.8) is 0 Å². The third-order valence-corrected chi connectivity index (χ3v) is 6.30. The molecule has 0 aliphatic rings. The zero-order valence-corrected chi connectivity index (χ0v) is 20.4. The van der Waals surface area contributed by atoms with E-state index in [1.807, 2.05) is 44.2 Å². The summed E-state index contributed by atoms with van der Waals surface area (Å²) in [5, 5.41) is 8.81. The largest absolute Gasteiger partial charge is 0.350 e. The average molecular weight is 493 g/mol. The number of rotatable bonds is 8. The first kappa shape index (κ1) is 24.2. The number of nitrogens with zero attached hydrogens (tertiary/aromatic N) is 3. The van der Waals surface area contributed by atoms with E-state index in [0.717, 1.165) is 22.3 Å². The summed E-state index contributed by atoms with van der Waals surface area (Å²) in [5.74, 6) is -0.561. The van der Waals surface area contributed by atoms with Crippen LogP contribution < -0.4 is 16.0 Å². The van der Waals surface area contributed by atoms with E-state index in [9.17, 15) is 14.0 Å². The van der Waals surface area contributed by atoms with Gasteiger partial charge >= 0.3 is 0 Å². The van der Waals surface area contributed by atoms with Crippen LogP contribution in [-0.2, 0) is 11.2 Å². The smallest absolute Gasteiger partial charge is 0.271 e. The molecule has 0 aliphatic heterocycles. The Balaban J connectivity index is 1.47. The molecule has 3 aromatic heterocycles. The van der Waals surface area contributed by atoms with Crippen LogP contribution in [0.4, 0.5) is 16.0 Å². The van der Waals surface area contributed by atoms with Crippen molar-refractivity contribution in [2.24, 2.45) is 0 Å². The minimum atomic E-state index is -0.425. The summed E-state index contributed by atoms with van der Waals surface area (Å²) in [4.78, 5) is 38.1. The lowest BCUT2D eigenvalue weighted by molar-refractivity contribution is -0.114. The van der Waals surface area contributed by atoms with Crippen LogP contribution in [0.3, 0.4) is 0 Å². The summed E-state index contributed by atoms with van der Waals surface area (Å²) in [6, 6.07) is 10.5. The minimum Gasteiger partial charge on any atom is -0.350 e. The fourth-order valence-electron chi connectivity index (χ4n) is 3.57. The highest BCUT2D eigenvalue weighted by Gasteiger charge is 2.18. The molecule has 3 heterocycles. The van der Waals surface area contributed by atoms with Gasteiger partial charge in [0, 0.05) is 30.2 Å².